The molecule has 1 atom stereocenters. The van der Waals surface area contributed by atoms with E-state index in [9.17, 15) is 49.0 Å². The van der Waals surface area contributed by atoms with Crippen molar-refractivity contribution in [1.82, 2.24) is 0 Å². The Morgan fingerprint density at radius 2 is 1.40 bits per heavy atom. The minimum Gasteiger partial charge on any atom is -0.464 e. The average Bonchev–Trinajstić information content (AvgIpc) is 3.47. The number of anilines is 1. The van der Waals surface area contributed by atoms with Crippen LogP contribution in [0, 0.1) is 0 Å². The number of aliphatic hydroxyl groups excluding tert-OH is 1. The lowest BCUT2D eigenvalue weighted by molar-refractivity contribution is -0.359. The minimum absolute atomic E-state index is 0.0132. The zero-order chi connectivity index (χ0) is 31.6. The van der Waals surface area contributed by atoms with Crippen LogP contribution in [-0.4, -0.2) is 36.0 Å². The topological polar surface area (TPSA) is 45.8 Å². The molecule has 0 aliphatic carbocycles. The number of aliphatic hydroxyl groups is 1. The fraction of sp³-hybridized carbons (Fsp3) is 0.241. The molecule has 0 saturated heterocycles. The van der Waals surface area contributed by atoms with Crippen molar-refractivity contribution in [2.24, 2.45) is 0 Å². The van der Waals surface area contributed by atoms with Crippen molar-refractivity contribution < 1.29 is 58.2 Å². The number of nitrogens with zero attached hydrogens (tertiary/aromatic N) is 1. The highest BCUT2D eigenvalue weighted by Gasteiger charge is 2.73. The van der Waals surface area contributed by atoms with Gasteiger partial charge in [-0.15, -0.1) is 0 Å². The van der Waals surface area contributed by atoms with E-state index in [4.69, 9.17) is 9.15 Å². The molecule has 0 amide bonds. The minimum atomic E-state index is -6.58. The molecule has 4 rings (SSSR count). The second-order valence-electron chi connectivity index (χ2n) is 9.39. The van der Waals surface area contributed by atoms with Crippen LogP contribution in [0.5, 0.6) is 11.5 Å². The molecule has 0 unspecified atom stereocenters. The van der Waals surface area contributed by atoms with E-state index < -0.39 is 49.0 Å². The monoisotopic (exact) mass is 621 g/mol. The van der Waals surface area contributed by atoms with Gasteiger partial charge in [-0.05, 0) is 48.0 Å². The first-order valence-corrected chi connectivity index (χ1v) is 12.3. The Kier molecular flexibility index (Phi) is 8.72. The Morgan fingerprint density at radius 3 is 2.02 bits per heavy atom. The molecule has 230 valence electrons. The lowest BCUT2D eigenvalue weighted by atomic mass is 9.99. The van der Waals surface area contributed by atoms with Crippen molar-refractivity contribution in [1.29, 1.82) is 0 Å². The first-order valence-electron chi connectivity index (χ1n) is 12.3. The van der Waals surface area contributed by atoms with Gasteiger partial charge in [0, 0.05) is 29.4 Å². The van der Waals surface area contributed by atoms with Gasteiger partial charge in [-0.3, -0.25) is 0 Å². The lowest BCUT2D eigenvalue weighted by Crippen LogP contribution is -2.50. The molecule has 0 aliphatic heterocycles. The van der Waals surface area contributed by atoms with E-state index >= 15 is 0 Å². The molecule has 0 radical (unpaired) electrons. The quantitative estimate of drug-likeness (QED) is 0.180. The van der Waals surface area contributed by atoms with Crippen LogP contribution in [-0.2, 0) is 12.5 Å². The highest BCUT2D eigenvalue weighted by Crippen LogP contribution is 2.51. The van der Waals surface area contributed by atoms with Crippen LogP contribution < -0.4 is 9.64 Å². The molecule has 1 heterocycles. The van der Waals surface area contributed by atoms with Crippen LogP contribution in [0.3, 0.4) is 0 Å². The van der Waals surface area contributed by atoms with Crippen LogP contribution in [0.25, 0.3) is 11.3 Å². The fourth-order valence-electron chi connectivity index (χ4n) is 4.05. The molecule has 0 bridgehead atoms. The molecule has 0 fully saturated rings. The molecule has 0 aliphatic rings. The summed E-state index contributed by atoms with van der Waals surface area (Å²) in [7, 11) is 0. The summed E-state index contributed by atoms with van der Waals surface area (Å²) < 4.78 is 145. The maximum Gasteiger partial charge on any atom is 0.460 e. The summed E-state index contributed by atoms with van der Waals surface area (Å²) >= 11 is 0. The second kappa shape index (κ2) is 11.8. The third-order valence-electron chi connectivity index (χ3n) is 6.24. The molecule has 14 heteroatoms. The standard InChI is InChI=1S/C29H21F10NO3/c30-26(31,28(35,36)29(37,38)39)20-7-1-5-18(13-20)16-40(17-25(41)27(32,33)34)21-8-3-10-23(15-21)43-22-9-2-6-19(14-22)24-11-4-12-42-24/h1-15,25,41H,16-17H2/t25-/m1/s1. The zero-order valence-electron chi connectivity index (χ0n) is 21.6. The van der Waals surface area contributed by atoms with Crippen molar-refractivity contribution in [3.63, 3.8) is 0 Å². The Labute approximate surface area is 237 Å². The van der Waals surface area contributed by atoms with Gasteiger partial charge in [-0.1, -0.05) is 36.4 Å². The summed E-state index contributed by atoms with van der Waals surface area (Å²) in [6.07, 6.45) is -13.1. The highest BCUT2D eigenvalue weighted by atomic mass is 19.4. The zero-order valence-corrected chi connectivity index (χ0v) is 21.6. The predicted molar refractivity (Wildman–Crippen MR) is 135 cm³/mol. The fourth-order valence-corrected chi connectivity index (χ4v) is 4.05. The van der Waals surface area contributed by atoms with Gasteiger partial charge in [0.1, 0.15) is 17.3 Å². The number of hydrogen-bond acceptors (Lipinski definition) is 4. The maximum absolute atomic E-state index is 14.3. The molecule has 0 spiro atoms. The Morgan fingerprint density at radius 1 is 0.744 bits per heavy atom. The molecule has 1 aromatic heterocycles. The molecular formula is C29H21F10NO3. The maximum atomic E-state index is 14.3. The highest BCUT2D eigenvalue weighted by molar-refractivity contribution is 5.60. The van der Waals surface area contributed by atoms with Crippen LogP contribution in [0.1, 0.15) is 11.1 Å². The second-order valence-corrected chi connectivity index (χ2v) is 9.39. The van der Waals surface area contributed by atoms with E-state index in [2.05, 4.69) is 0 Å². The van der Waals surface area contributed by atoms with Gasteiger partial charge in [0.05, 0.1) is 12.8 Å². The van der Waals surface area contributed by atoms with Gasteiger partial charge in [0.25, 0.3) is 0 Å². The summed E-state index contributed by atoms with van der Waals surface area (Å²) in [4.78, 5) is 0.892. The van der Waals surface area contributed by atoms with E-state index in [1.54, 1.807) is 36.4 Å². The van der Waals surface area contributed by atoms with Crippen LogP contribution in [0.2, 0.25) is 0 Å². The largest absolute Gasteiger partial charge is 0.464 e. The number of benzene rings is 3. The smallest absolute Gasteiger partial charge is 0.460 e. The lowest BCUT2D eigenvalue weighted by Gasteiger charge is -2.30. The van der Waals surface area contributed by atoms with Crippen LogP contribution in [0.15, 0.2) is 95.6 Å². The number of alkyl halides is 10. The van der Waals surface area contributed by atoms with Gasteiger partial charge in [-0.25, -0.2) is 0 Å². The van der Waals surface area contributed by atoms with Crippen molar-refractivity contribution in [2.75, 3.05) is 11.4 Å². The van der Waals surface area contributed by atoms with Gasteiger partial charge in [0.15, 0.2) is 6.10 Å². The molecule has 4 nitrogen and oxygen atoms in total. The number of ether oxygens (including phenoxy) is 1. The summed E-state index contributed by atoms with van der Waals surface area (Å²) in [5.41, 5.74) is -1.39. The van der Waals surface area contributed by atoms with Crippen molar-refractivity contribution in [2.45, 2.75) is 36.8 Å². The van der Waals surface area contributed by atoms with E-state index in [1.165, 1.54) is 30.5 Å². The molecular weight excluding hydrogens is 600 g/mol. The van der Waals surface area contributed by atoms with E-state index in [1.807, 2.05) is 0 Å². The number of hydrogen-bond donors (Lipinski definition) is 1. The molecule has 1 N–H and O–H groups in total. The van der Waals surface area contributed by atoms with Crippen LogP contribution >= 0.6 is 0 Å². The molecule has 0 saturated carbocycles. The Bertz CT molecular complexity index is 1520. The van der Waals surface area contributed by atoms with Crippen LogP contribution in [0.4, 0.5) is 49.6 Å². The molecule has 4 aromatic rings. The average molecular weight is 621 g/mol. The number of furan rings is 1. The van der Waals surface area contributed by atoms with Crippen molar-refractivity contribution in [3.8, 4) is 22.8 Å². The molecule has 3 aromatic carbocycles. The Balaban J connectivity index is 1.65. The van der Waals surface area contributed by atoms with E-state index in [0.29, 0.717) is 29.2 Å². The first kappa shape index (κ1) is 31.7. The summed E-state index contributed by atoms with van der Waals surface area (Å²) in [5.74, 6) is -11.1. The first-order chi connectivity index (χ1) is 20.0. The van der Waals surface area contributed by atoms with Gasteiger partial charge in [-0.2, -0.15) is 43.9 Å². The van der Waals surface area contributed by atoms with Crippen molar-refractivity contribution in [3.05, 3.63) is 102 Å². The number of rotatable bonds is 10. The predicted octanol–water partition coefficient (Wildman–Crippen LogP) is 8.96. The SMILES string of the molecule is O[C@H](CN(Cc1cccc(C(F)(F)C(F)(F)C(F)(F)F)c1)c1cccc(Oc2cccc(-c3ccco3)c2)c1)C(F)(F)F. The van der Waals surface area contributed by atoms with Gasteiger partial charge < -0.3 is 19.2 Å². The molecule has 43 heavy (non-hydrogen) atoms. The third kappa shape index (κ3) is 7.07. The van der Waals surface area contributed by atoms with E-state index in [0.717, 1.165) is 17.0 Å². The summed E-state index contributed by atoms with van der Waals surface area (Å²) in [6.45, 7) is -1.83. The number of halogens is 10. The van der Waals surface area contributed by atoms with Crippen molar-refractivity contribution >= 4 is 5.69 Å². The third-order valence-corrected chi connectivity index (χ3v) is 6.24. The summed E-state index contributed by atoms with van der Waals surface area (Å²) in [6, 6.07) is 18.0. The Hall–Kier alpha value is -4.20. The van der Waals surface area contributed by atoms with E-state index in [-0.39, 0.29) is 17.0 Å². The summed E-state index contributed by atoms with van der Waals surface area (Å²) in [5, 5.41) is 9.75. The van der Waals surface area contributed by atoms with Gasteiger partial charge >= 0.3 is 24.2 Å². The normalized spacial score (nSPS) is 13.6. The van der Waals surface area contributed by atoms with Gasteiger partial charge in [0.2, 0.25) is 0 Å².